The molecule has 0 radical (unpaired) electrons. The first-order chi connectivity index (χ1) is 26.3. The summed E-state index contributed by atoms with van der Waals surface area (Å²) in [5.74, 6) is 4.37. The number of carboxylic acids is 2. The third kappa shape index (κ3) is 7.14. The Morgan fingerprint density at radius 3 is 1.27 bits per heavy atom. The van der Waals surface area contributed by atoms with Crippen LogP contribution in [0.5, 0.6) is 0 Å². The highest BCUT2D eigenvalue weighted by Crippen LogP contribution is 2.70. The lowest BCUT2D eigenvalue weighted by atomic mass is 9.43. The summed E-state index contributed by atoms with van der Waals surface area (Å²) in [5.41, 5.74) is 0.375. The normalized spacial score (nSPS) is 51.7. The first-order valence-corrected chi connectivity index (χ1v) is 23.5. The second-order valence-electron chi connectivity index (χ2n) is 22.5. The molecule has 8 rings (SSSR count). The van der Waals surface area contributed by atoms with E-state index >= 15 is 0 Å². The SMILES string of the molecule is C[C@H](CCC(=O)[O-])C1CCC2C3CCC4C[C@H](O)CC[C@]4(C)C3C[C@H](O)[C@@]21C.C[C@H](CCC(=O)[O-])C1CCC2C3CCC4C[C@H](O)CC[C@]4(C)C3C[C@H](O)[C@@]21C. The largest absolute Gasteiger partial charge is 0.550 e. The lowest BCUT2D eigenvalue weighted by Crippen LogP contribution is -2.58. The topological polar surface area (TPSA) is 161 Å². The van der Waals surface area contributed by atoms with E-state index in [1.54, 1.807) is 0 Å². The van der Waals surface area contributed by atoms with Crippen molar-refractivity contribution in [3.05, 3.63) is 0 Å². The Balaban J connectivity index is 0.000000172. The van der Waals surface area contributed by atoms with Crippen LogP contribution in [0.2, 0.25) is 0 Å². The second kappa shape index (κ2) is 16.0. The number of carboxylic acid groups (broad SMARTS) is 2. The Morgan fingerprint density at radius 1 is 0.536 bits per heavy atom. The number of fused-ring (bicyclic) bond motifs is 10. The molecule has 0 aromatic rings. The number of aliphatic hydroxyl groups is 4. The molecule has 8 heteroatoms. The first kappa shape index (κ1) is 42.9. The highest BCUT2D eigenvalue weighted by molar-refractivity contribution is 5.64. The molecule has 56 heavy (non-hydrogen) atoms. The fraction of sp³-hybridized carbons (Fsp3) is 0.958. The Labute approximate surface area is 338 Å². The molecule has 8 aliphatic rings. The van der Waals surface area contributed by atoms with Gasteiger partial charge in [0, 0.05) is 11.9 Å². The average molecular weight is 783 g/mol. The molecule has 0 bridgehead atoms. The molecular weight excluding hydrogens is 705 g/mol. The molecule has 0 aromatic heterocycles. The summed E-state index contributed by atoms with van der Waals surface area (Å²) < 4.78 is 0. The van der Waals surface area contributed by atoms with Crippen LogP contribution >= 0.6 is 0 Å². The molecule has 0 aromatic carbocycles. The van der Waals surface area contributed by atoms with Gasteiger partial charge in [-0.25, -0.2) is 0 Å². The third-order valence-corrected chi connectivity index (χ3v) is 20.6. The van der Waals surface area contributed by atoms with Crippen LogP contribution in [0.3, 0.4) is 0 Å². The highest BCUT2D eigenvalue weighted by atomic mass is 16.4. The summed E-state index contributed by atoms with van der Waals surface area (Å²) in [6, 6.07) is 0. The van der Waals surface area contributed by atoms with Crippen LogP contribution in [0.1, 0.15) is 170 Å². The van der Waals surface area contributed by atoms with Crippen molar-refractivity contribution in [2.24, 2.45) is 92.7 Å². The van der Waals surface area contributed by atoms with Gasteiger partial charge < -0.3 is 40.2 Å². The number of aliphatic hydroxyl groups excluding tert-OH is 4. The second-order valence-corrected chi connectivity index (χ2v) is 22.5. The molecule has 10 unspecified atom stereocenters. The van der Waals surface area contributed by atoms with Crippen LogP contribution in [-0.4, -0.2) is 56.8 Å². The fourth-order valence-corrected chi connectivity index (χ4v) is 17.4. The van der Waals surface area contributed by atoms with E-state index in [9.17, 15) is 40.2 Å². The minimum absolute atomic E-state index is 0.0795. The standard InChI is InChI=1S/2C24H40O4/c2*1-14(4-9-22(27)28)18-7-8-19-17-6-5-15-12-16(25)10-11-23(15,2)20(17)13-21(26)24(18,19)3/h2*14-21,25-26H,4-13H2,1-3H3,(H,27,28)/p-2/t2*14-,15?,16-,17?,18?,19?,20?,21+,23+,24-/m11/s1. The summed E-state index contributed by atoms with van der Waals surface area (Å²) in [6.07, 6.45) is 18.0. The molecule has 320 valence electrons. The molecule has 0 heterocycles. The molecule has 0 aliphatic heterocycles. The van der Waals surface area contributed by atoms with E-state index in [0.29, 0.717) is 83.9 Å². The molecule has 0 amide bonds. The molecular formula is C48H78O8-2. The summed E-state index contributed by atoms with van der Waals surface area (Å²) in [4.78, 5) is 21.9. The van der Waals surface area contributed by atoms with Crippen LogP contribution < -0.4 is 10.2 Å². The van der Waals surface area contributed by atoms with Crippen molar-refractivity contribution in [2.45, 2.75) is 194 Å². The van der Waals surface area contributed by atoms with Gasteiger partial charge in [-0.2, -0.15) is 0 Å². The van der Waals surface area contributed by atoms with Crippen LogP contribution in [0.15, 0.2) is 0 Å². The van der Waals surface area contributed by atoms with Crippen LogP contribution in [0.25, 0.3) is 0 Å². The summed E-state index contributed by atoms with van der Waals surface area (Å²) >= 11 is 0. The van der Waals surface area contributed by atoms with Crippen molar-refractivity contribution in [3.63, 3.8) is 0 Å². The van der Waals surface area contributed by atoms with E-state index < -0.39 is 11.9 Å². The minimum Gasteiger partial charge on any atom is -0.550 e. The van der Waals surface area contributed by atoms with Gasteiger partial charge in [-0.05, 0) is 221 Å². The van der Waals surface area contributed by atoms with Crippen molar-refractivity contribution in [1.82, 2.24) is 0 Å². The van der Waals surface area contributed by atoms with E-state index in [1.165, 1.54) is 38.5 Å². The lowest BCUT2D eigenvalue weighted by Gasteiger charge is -2.62. The van der Waals surface area contributed by atoms with Crippen molar-refractivity contribution < 1.29 is 40.2 Å². The van der Waals surface area contributed by atoms with Crippen molar-refractivity contribution in [3.8, 4) is 0 Å². The van der Waals surface area contributed by atoms with Crippen LogP contribution in [0, 0.1) is 92.7 Å². The predicted octanol–water partition coefficient (Wildman–Crippen LogP) is 6.29. The zero-order valence-corrected chi connectivity index (χ0v) is 35.8. The molecule has 20 atom stereocenters. The molecule has 0 saturated heterocycles. The highest BCUT2D eigenvalue weighted by Gasteiger charge is 2.65. The summed E-state index contributed by atoms with van der Waals surface area (Å²) in [5, 5.41) is 65.2. The zero-order valence-electron chi connectivity index (χ0n) is 35.8. The third-order valence-electron chi connectivity index (χ3n) is 20.6. The first-order valence-electron chi connectivity index (χ1n) is 23.5. The van der Waals surface area contributed by atoms with Gasteiger partial charge in [-0.3, -0.25) is 0 Å². The molecule has 8 aliphatic carbocycles. The zero-order chi connectivity index (χ0) is 40.5. The van der Waals surface area contributed by atoms with Gasteiger partial charge in [0.2, 0.25) is 0 Å². The predicted molar refractivity (Wildman–Crippen MR) is 212 cm³/mol. The quantitative estimate of drug-likeness (QED) is 0.224. The van der Waals surface area contributed by atoms with Crippen molar-refractivity contribution in [2.75, 3.05) is 0 Å². The van der Waals surface area contributed by atoms with E-state index in [1.807, 2.05) is 0 Å². The maximum Gasteiger partial charge on any atom is 0.0602 e. The van der Waals surface area contributed by atoms with E-state index in [-0.39, 0.29) is 58.9 Å². The molecule has 4 N–H and O–H groups in total. The Morgan fingerprint density at radius 2 is 0.911 bits per heavy atom. The maximum atomic E-state index is 11.5. The Hall–Kier alpha value is -1.22. The molecule has 8 nitrogen and oxygen atoms in total. The lowest BCUT2D eigenvalue weighted by molar-refractivity contribution is -0.307. The molecule has 8 saturated carbocycles. The van der Waals surface area contributed by atoms with Crippen molar-refractivity contribution >= 4 is 11.9 Å². The Bertz CT molecular complexity index is 1310. The number of carbonyl (C=O) groups is 2. The van der Waals surface area contributed by atoms with Gasteiger partial charge in [0.25, 0.3) is 0 Å². The van der Waals surface area contributed by atoms with Gasteiger partial charge in [0.15, 0.2) is 0 Å². The molecule has 8 fully saturated rings. The average Bonchev–Trinajstić information content (AvgIpc) is 3.70. The van der Waals surface area contributed by atoms with Crippen molar-refractivity contribution in [1.29, 1.82) is 0 Å². The van der Waals surface area contributed by atoms with Gasteiger partial charge in [0.1, 0.15) is 0 Å². The van der Waals surface area contributed by atoms with Crippen LogP contribution in [0.4, 0.5) is 0 Å². The number of aliphatic carboxylic acids is 2. The summed E-state index contributed by atoms with van der Waals surface area (Å²) in [6.45, 7) is 13.9. The van der Waals surface area contributed by atoms with Gasteiger partial charge in [-0.1, -0.05) is 41.5 Å². The number of hydrogen-bond acceptors (Lipinski definition) is 8. The number of carbonyl (C=O) groups excluding carboxylic acids is 2. The van der Waals surface area contributed by atoms with Gasteiger partial charge in [0.05, 0.1) is 24.4 Å². The Kier molecular flexibility index (Phi) is 12.3. The monoisotopic (exact) mass is 783 g/mol. The smallest absolute Gasteiger partial charge is 0.0602 e. The van der Waals surface area contributed by atoms with Gasteiger partial charge in [-0.15, -0.1) is 0 Å². The molecule has 0 spiro atoms. The maximum absolute atomic E-state index is 11.5. The fourth-order valence-electron chi connectivity index (χ4n) is 17.4. The van der Waals surface area contributed by atoms with E-state index in [2.05, 4.69) is 41.5 Å². The van der Waals surface area contributed by atoms with Crippen LogP contribution in [-0.2, 0) is 9.59 Å². The minimum atomic E-state index is -0.957. The van der Waals surface area contributed by atoms with Gasteiger partial charge >= 0.3 is 0 Å². The van der Waals surface area contributed by atoms with E-state index in [4.69, 9.17) is 0 Å². The van der Waals surface area contributed by atoms with E-state index in [0.717, 1.165) is 64.2 Å². The number of rotatable bonds is 8. The number of hydrogen-bond donors (Lipinski definition) is 4. The summed E-state index contributed by atoms with van der Waals surface area (Å²) in [7, 11) is 0.